The molecular weight excluding hydrogens is 198 g/mol. The Morgan fingerprint density at radius 2 is 2.36 bits per heavy atom. The van der Waals surface area contributed by atoms with Gasteiger partial charge in [-0.15, -0.1) is 5.10 Å². The van der Waals surface area contributed by atoms with Crippen LogP contribution in [0.1, 0.15) is 0 Å². The standard InChI is InChI=1S/C9H11N3OS/c1-14-5-4-12-9-6-7(13)2-3-8(9)10-11-12/h2-3,6,13H,4-5H2,1H3. The zero-order chi connectivity index (χ0) is 9.97. The highest BCUT2D eigenvalue weighted by molar-refractivity contribution is 7.98. The van der Waals surface area contributed by atoms with E-state index in [0.717, 1.165) is 23.3 Å². The van der Waals surface area contributed by atoms with Gasteiger partial charge in [0.05, 0.1) is 12.1 Å². The summed E-state index contributed by atoms with van der Waals surface area (Å²) < 4.78 is 1.81. The van der Waals surface area contributed by atoms with E-state index >= 15 is 0 Å². The maximum Gasteiger partial charge on any atom is 0.117 e. The van der Waals surface area contributed by atoms with E-state index in [2.05, 4.69) is 16.6 Å². The molecule has 2 rings (SSSR count). The molecule has 74 valence electrons. The molecular formula is C9H11N3OS. The molecule has 0 aliphatic rings. The van der Waals surface area contributed by atoms with Gasteiger partial charge in [0.1, 0.15) is 11.3 Å². The molecule has 1 N–H and O–H groups in total. The fourth-order valence-electron chi connectivity index (χ4n) is 1.30. The second-order valence-corrected chi connectivity index (χ2v) is 3.96. The van der Waals surface area contributed by atoms with Gasteiger partial charge < -0.3 is 5.11 Å². The second-order valence-electron chi connectivity index (χ2n) is 2.98. The minimum Gasteiger partial charge on any atom is -0.508 e. The zero-order valence-corrected chi connectivity index (χ0v) is 8.66. The van der Waals surface area contributed by atoms with Crippen molar-refractivity contribution in [3.63, 3.8) is 0 Å². The number of hydrogen-bond acceptors (Lipinski definition) is 4. The van der Waals surface area contributed by atoms with Crippen LogP contribution in [0, 0.1) is 0 Å². The van der Waals surface area contributed by atoms with Gasteiger partial charge in [-0.25, -0.2) is 4.68 Å². The summed E-state index contributed by atoms with van der Waals surface area (Å²) in [5, 5.41) is 17.3. The van der Waals surface area contributed by atoms with Gasteiger partial charge in [0.25, 0.3) is 0 Å². The van der Waals surface area contributed by atoms with E-state index in [0.29, 0.717) is 0 Å². The lowest BCUT2D eigenvalue weighted by Crippen LogP contribution is -2.01. The van der Waals surface area contributed by atoms with Crippen molar-refractivity contribution in [1.82, 2.24) is 15.0 Å². The number of thioether (sulfide) groups is 1. The summed E-state index contributed by atoms with van der Waals surface area (Å²) in [5.41, 5.74) is 1.71. The summed E-state index contributed by atoms with van der Waals surface area (Å²) in [7, 11) is 0. The summed E-state index contributed by atoms with van der Waals surface area (Å²) in [4.78, 5) is 0. The van der Waals surface area contributed by atoms with Crippen LogP contribution in [0.15, 0.2) is 18.2 Å². The molecule has 0 fully saturated rings. The Labute approximate surface area is 85.9 Å². The first-order chi connectivity index (χ1) is 6.81. The summed E-state index contributed by atoms with van der Waals surface area (Å²) in [6.45, 7) is 0.821. The van der Waals surface area contributed by atoms with E-state index in [1.165, 1.54) is 0 Å². The van der Waals surface area contributed by atoms with Crippen molar-refractivity contribution in [2.45, 2.75) is 6.54 Å². The molecule has 5 heteroatoms. The maximum atomic E-state index is 9.32. The Bertz CT molecular complexity index is 441. The largest absolute Gasteiger partial charge is 0.508 e. The first-order valence-electron chi connectivity index (χ1n) is 4.32. The van der Waals surface area contributed by atoms with Gasteiger partial charge in [-0.05, 0) is 18.4 Å². The number of phenolic OH excluding ortho intramolecular Hbond substituents is 1. The van der Waals surface area contributed by atoms with Crippen LogP contribution in [0.5, 0.6) is 5.75 Å². The van der Waals surface area contributed by atoms with Crippen LogP contribution in [0.25, 0.3) is 11.0 Å². The molecule has 14 heavy (non-hydrogen) atoms. The number of aromatic hydroxyl groups is 1. The average molecular weight is 209 g/mol. The third kappa shape index (κ3) is 1.68. The molecule has 2 aromatic rings. The maximum absolute atomic E-state index is 9.32. The predicted octanol–water partition coefficient (Wildman–Crippen LogP) is 1.50. The smallest absolute Gasteiger partial charge is 0.117 e. The Kier molecular flexibility index (Phi) is 2.58. The van der Waals surface area contributed by atoms with Crippen molar-refractivity contribution in [3.8, 4) is 5.75 Å². The van der Waals surface area contributed by atoms with Crippen LogP contribution >= 0.6 is 11.8 Å². The van der Waals surface area contributed by atoms with E-state index in [9.17, 15) is 5.11 Å². The van der Waals surface area contributed by atoms with Crippen LogP contribution in [-0.2, 0) is 6.54 Å². The molecule has 0 unspecified atom stereocenters. The van der Waals surface area contributed by atoms with Gasteiger partial charge in [-0.1, -0.05) is 5.21 Å². The Morgan fingerprint density at radius 3 is 3.14 bits per heavy atom. The van der Waals surface area contributed by atoms with E-state index in [1.54, 1.807) is 30.0 Å². The highest BCUT2D eigenvalue weighted by Crippen LogP contribution is 2.17. The van der Waals surface area contributed by atoms with Crippen molar-refractivity contribution in [1.29, 1.82) is 0 Å². The molecule has 0 saturated carbocycles. The van der Waals surface area contributed by atoms with Crippen LogP contribution in [-0.4, -0.2) is 32.1 Å². The highest BCUT2D eigenvalue weighted by atomic mass is 32.2. The monoisotopic (exact) mass is 209 g/mol. The zero-order valence-electron chi connectivity index (χ0n) is 7.84. The fraction of sp³-hybridized carbons (Fsp3) is 0.333. The van der Waals surface area contributed by atoms with Gasteiger partial charge >= 0.3 is 0 Å². The minimum absolute atomic E-state index is 0.255. The van der Waals surface area contributed by atoms with Crippen LogP contribution in [0.2, 0.25) is 0 Å². The first-order valence-corrected chi connectivity index (χ1v) is 5.72. The Hall–Kier alpha value is -1.23. The average Bonchev–Trinajstić information content (AvgIpc) is 2.57. The van der Waals surface area contributed by atoms with E-state index in [-0.39, 0.29) is 5.75 Å². The third-order valence-electron chi connectivity index (χ3n) is 2.00. The summed E-state index contributed by atoms with van der Waals surface area (Å²) >= 11 is 1.76. The highest BCUT2D eigenvalue weighted by Gasteiger charge is 2.04. The van der Waals surface area contributed by atoms with E-state index < -0.39 is 0 Å². The number of phenols is 1. The van der Waals surface area contributed by atoms with Crippen molar-refractivity contribution < 1.29 is 5.11 Å². The van der Waals surface area contributed by atoms with Crippen molar-refractivity contribution >= 4 is 22.8 Å². The normalized spacial score (nSPS) is 10.9. The molecule has 0 aliphatic heterocycles. The van der Waals surface area contributed by atoms with Crippen molar-refractivity contribution in [2.24, 2.45) is 0 Å². The number of nitrogens with zero attached hydrogens (tertiary/aromatic N) is 3. The van der Waals surface area contributed by atoms with E-state index in [4.69, 9.17) is 0 Å². The van der Waals surface area contributed by atoms with Gasteiger partial charge in [-0.2, -0.15) is 11.8 Å². The molecule has 1 aromatic carbocycles. The number of aromatic nitrogens is 3. The molecule has 0 saturated heterocycles. The SMILES string of the molecule is CSCCn1nnc2ccc(O)cc21. The molecule has 1 aromatic heterocycles. The molecule has 0 atom stereocenters. The summed E-state index contributed by atoms with van der Waals surface area (Å²) in [6, 6.07) is 5.08. The number of rotatable bonds is 3. The summed E-state index contributed by atoms with van der Waals surface area (Å²) in [5.74, 6) is 1.25. The molecule has 0 spiro atoms. The van der Waals surface area contributed by atoms with E-state index in [1.807, 2.05) is 4.68 Å². The van der Waals surface area contributed by atoms with Crippen LogP contribution in [0.4, 0.5) is 0 Å². The lowest BCUT2D eigenvalue weighted by molar-refractivity contribution is 0.475. The number of fused-ring (bicyclic) bond motifs is 1. The van der Waals surface area contributed by atoms with Gasteiger partial charge in [0, 0.05) is 11.8 Å². The van der Waals surface area contributed by atoms with Crippen LogP contribution in [0.3, 0.4) is 0 Å². The number of benzene rings is 1. The van der Waals surface area contributed by atoms with Crippen molar-refractivity contribution in [2.75, 3.05) is 12.0 Å². The molecule has 0 amide bonds. The number of hydrogen-bond donors (Lipinski definition) is 1. The molecule has 0 bridgehead atoms. The predicted molar refractivity (Wildman–Crippen MR) is 57.6 cm³/mol. The summed E-state index contributed by atoms with van der Waals surface area (Å²) in [6.07, 6.45) is 2.05. The lowest BCUT2D eigenvalue weighted by atomic mass is 10.3. The Morgan fingerprint density at radius 1 is 1.50 bits per heavy atom. The van der Waals surface area contributed by atoms with Gasteiger partial charge in [-0.3, -0.25) is 0 Å². The van der Waals surface area contributed by atoms with Gasteiger partial charge in [0.2, 0.25) is 0 Å². The number of aryl methyl sites for hydroxylation is 1. The molecule has 1 heterocycles. The Balaban J connectivity index is 2.40. The first kappa shape index (κ1) is 9.33. The quantitative estimate of drug-likeness (QED) is 0.832. The third-order valence-corrected chi connectivity index (χ3v) is 2.60. The van der Waals surface area contributed by atoms with Gasteiger partial charge in [0.15, 0.2) is 0 Å². The minimum atomic E-state index is 0.255. The lowest BCUT2D eigenvalue weighted by Gasteiger charge is -1.99. The molecule has 4 nitrogen and oxygen atoms in total. The van der Waals surface area contributed by atoms with Crippen LogP contribution < -0.4 is 0 Å². The van der Waals surface area contributed by atoms with Crippen molar-refractivity contribution in [3.05, 3.63) is 18.2 Å². The second kappa shape index (κ2) is 3.88. The molecule has 0 aliphatic carbocycles. The molecule has 0 radical (unpaired) electrons. The topological polar surface area (TPSA) is 50.9 Å². The fourth-order valence-corrected chi connectivity index (χ4v) is 1.65.